The largest absolute Gasteiger partial charge is 0.312 e. The van der Waals surface area contributed by atoms with Crippen LogP contribution in [-0.4, -0.2) is 6.54 Å². The lowest BCUT2D eigenvalue weighted by atomic mass is 9.75. The van der Waals surface area contributed by atoms with Crippen molar-refractivity contribution in [1.29, 1.82) is 5.26 Å². The Bertz CT molecular complexity index is 478. The van der Waals surface area contributed by atoms with Gasteiger partial charge in [0.2, 0.25) is 0 Å². The molecule has 1 aromatic carbocycles. The van der Waals surface area contributed by atoms with Gasteiger partial charge in [-0.3, -0.25) is 0 Å². The molecule has 0 saturated heterocycles. The molecule has 2 rings (SSSR count). The van der Waals surface area contributed by atoms with E-state index in [1.807, 2.05) is 0 Å². The third-order valence-corrected chi connectivity index (χ3v) is 3.59. The lowest BCUT2D eigenvalue weighted by molar-refractivity contribution is 0.433. The molecular formula is C15H20N2. The van der Waals surface area contributed by atoms with Crippen LogP contribution in [-0.2, 0) is 12.0 Å². The minimum absolute atomic E-state index is 0.0498. The van der Waals surface area contributed by atoms with E-state index < -0.39 is 0 Å². The number of fused-ring (bicyclic) bond motifs is 1. The number of hydrogen-bond donors (Lipinski definition) is 1. The van der Waals surface area contributed by atoms with Crippen molar-refractivity contribution in [3.05, 3.63) is 34.4 Å². The first-order valence-electron chi connectivity index (χ1n) is 6.24. The second kappa shape index (κ2) is 4.16. The van der Waals surface area contributed by atoms with Crippen LogP contribution in [0.4, 0.5) is 0 Å². The molecule has 0 atom stereocenters. The molecule has 0 unspecified atom stereocenters. The van der Waals surface area contributed by atoms with E-state index in [2.05, 4.69) is 51.2 Å². The van der Waals surface area contributed by atoms with Crippen LogP contribution in [0.25, 0.3) is 0 Å². The molecule has 1 aromatic rings. The fourth-order valence-corrected chi connectivity index (χ4v) is 2.69. The molecule has 0 amide bonds. The predicted octanol–water partition coefficient (Wildman–Crippen LogP) is 3.06. The van der Waals surface area contributed by atoms with Gasteiger partial charge in [-0.2, -0.15) is 5.26 Å². The van der Waals surface area contributed by atoms with E-state index in [-0.39, 0.29) is 5.41 Å². The summed E-state index contributed by atoms with van der Waals surface area (Å²) in [7, 11) is 0. The van der Waals surface area contributed by atoms with Crippen LogP contribution in [0.5, 0.6) is 0 Å². The van der Waals surface area contributed by atoms with Gasteiger partial charge in [-0.1, -0.05) is 33.8 Å². The summed E-state index contributed by atoms with van der Waals surface area (Å²) in [4.78, 5) is 0. The van der Waals surface area contributed by atoms with Crippen LogP contribution in [0, 0.1) is 11.3 Å². The fourth-order valence-electron chi connectivity index (χ4n) is 2.69. The summed E-state index contributed by atoms with van der Waals surface area (Å²) in [6.45, 7) is 10.6. The highest BCUT2D eigenvalue weighted by Crippen LogP contribution is 2.34. The van der Waals surface area contributed by atoms with Crippen molar-refractivity contribution in [2.45, 2.75) is 45.6 Å². The van der Waals surface area contributed by atoms with E-state index in [1.54, 1.807) is 0 Å². The molecule has 0 aliphatic carbocycles. The monoisotopic (exact) mass is 228 g/mol. The topological polar surface area (TPSA) is 35.8 Å². The van der Waals surface area contributed by atoms with E-state index in [0.717, 1.165) is 18.7 Å². The molecule has 0 radical (unpaired) electrons. The van der Waals surface area contributed by atoms with Crippen LogP contribution >= 0.6 is 0 Å². The predicted molar refractivity (Wildman–Crippen MR) is 70.0 cm³/mol. The molecule has 1 N–H and O–H groups in total. The molecule has 90 valence electrons. The number of hydrogen-bond acceptors (Lipinski definition) is 2. The van der Waals surface area contributed by atoms with Crippen molar-refractivity contribution in [2.24, 2.45) is 0 Å². The van der Waals surface area contributed by atoms with Crippen LogP contribution in [0.3, 0.4) is 0 Å². The highest BCUT2D eigenvalue weighted by Gasteiger charge is 2.30. The summed E-state index contributed by atoms with van der Waals surface area (Å²) in [5, 5.41) is 12.8. The van der Waals surface area contributed by atoms with E-state index >= 15 is 0 Å². The van der Waals surface area contributed by atoms with Crippen LogP contribution in [0.15, 0.2) is 12.1 Å². The first-order chi connectivity index (χ1) is 7.95. The molecule has 2 nitrogen and oxygen atoms in total. The Labute approximate surface area is 104 Å². The summed E-state index contributed by atoms with van der Waals surface area (Å²) in [5.41, 5.74) is 4.71. The Morgan fingerprint density at radius 2 is 2.06 bits per heavy atom. The van der Waals surface area contributed by atoms with Gasteiger partial charge in [-0.25, -0.2) is 0 Å². The minimum atomic E-state index is 0.0498. The van der Waals surface area contributed by atoms with Crippen molar-refractivity contribution >= 4 is 0 Å². The number of nitriles is 1. The van der Waals surface area contributed by atoms with E-state index in [9.17, 15) is 5.26 Å². The SMILES string of the molecule is CC(C)c1cc(C#N)c2c(c1)CNCC2(C)C. The van der Waals surface area contributed by atoms with Crippen molar-refractivity contribution in [3.63, 3.8) is 0 Å². The number of nitrogens with zero attached hydrogens (tertiary/aromatic N) is 1. The van der Waals surface area contributed by atoms with Gasteiger partial charge in [-0.15, -0.1) is 0 Å². The third kappa shape index (κ3) is 2.08. The second-order valence-electron chi connectivity index (χ2n) is 5.86. The molecule has 0 spiro atoms. The van der Waals surface area contributed by atoms with Crippen molar-refractivity contribution in [2.75, 3.05) is 6.54 Å². The first-order valence-corrected chi connectivity index (χ1v) is 6.24. The highest BCUT2D eigenvalue weighted by molar-refractivity contribution is 5.51. The molecule has 1 aliphatic heterocycles. The Morgan fingerprint density at radius 1 is 1.35 bits per heavy atom. The minimum Gasteiger partial charge on any atom is -0.312 e. The molecule has 0 fully saturated rings. The molecule has 1 heterocycles. The summed E-state index contributed by atoms with van der Waals surface area (Å²) in [6, 6.07) is 6.70. The zero-order valence-electron chi connectivity index (χ0n) is 11.1. The van der Waals surface area contributed by atoms with Crippen LogP contribution in [0.2, 0.25) is 0 Å². The second-order valence-corrected chi connectivity index (χ2v) is 5.86. The van der Waals surface area contributed by atoms with Gasteiger partial charge in [0.15, 0.2) is 0 Å². The Kier molecular flexibility index (Phi) is 2.97. The van der Waals surface area contributed by atoms with Crippen LogP contribution < -0.4 is 5.32 Å². The Hall–Kier alpha value is -1.33. The molecule has 1 aliphatic rings. The Balaban J connectivity index is 2.66. The van der Waals surface area contributed by atoms with E-state index in [1.165, 1.54) is 16.7 Å². The molecule has 0 saturated carbocycles. The van der Waals surface area contributed by atoms with Crippen molar-refractivity contribution in [1.82, 2.24) is 5.32 Å². The van der Waals surface area contributed by atoms with Gasteiger partial charge in [-0.05, 0) is 28.7 Å². The molecule has 17 heavy (non-hydrogen) atoms. The lowest BCUT2D eigenvalue weighted by Crippen LogP contribution is -2.39. The summed E-state index contributed by atoms with van der Waals surface area (Å²) in [5.74, 6) is 0.470. The molecule has 0 aromatic heterocycles. The van der Waals surface area contributed by atoms with Gasteiger partial charge in [0.25, 0.3) is 0 Å². The standard InChI is InChI=1S/C15H20N2/c1-10(2)11-5-12(7-16)14-13(6-11)8-17-9-15(14,3)4/h5-6,10,17H,8-9H2,1-4H3. The fraction of sp³-hybridized carbons (Fsp3) is 0.533. The molecule has 2 heteroatoms. The van der Waals surface area contributed by atoms with E-state index in [4.69, 9.17) is 0 Å². The van der Waals surface area contributed by atoms with Crippen LogP contribution in [0.1, 0.15) is 55.9 Å². The molecule has 0 bridgehead atoms. The lowest BCUT2D eigenvalue weighted by Gasteiger charge is -2.34. The number of benzene rings is 1. The smallest absolute Gasteiger partial charge is 0.0994 e. The maximum absolute atomic E-state index is 9.36. The number of nitrogens with one attached hydrogen (secondary N) is 1. The first kappa shape index (κ1) is 12.1. The average Bonchev–Trinajstić information content (AvgIpc) is 2.26. The summed E-state index contributed by atoms with van der Waals surface area (Å²) < 4.78 is 0. The van der Waals surface area contributed by atoms with E-state index in [0.29, 0.717) is 5.92 Å². The Morgan fingerprint density at radius 3 is 2.65 bits per heavy atom. The number of rotatable bonds is 1. The summed E-state index contributed by atoms with van der Waals surface area (Å²) >= 11 is 0. The quantitative estimate of drug-likeness (QED) is 0.802. The maximum atomic E-state index is 9.36. The third-order valence-electron chi connectivity index (χ3n) is 3.59. The normalized spacial score (nSPS) is 17.6. The summed E-state index contributed by atoms with van der Waals surface area (Å²) in [6.07, 6.45) is 0. The molecular weight excluding hydrogens is 208 g/mol. The highest BCUT2D eigenvalue weighted by atomic mass is 14.9. The zero-order valence-corrected chi connectivity index (χ0v) is 11.1. The maximum Gasteiger partial charge on any atom is 0.0994 e. The zero-order chi connectivity index (χ0) is 12.6. The van der Waals surface area contributed by atoms with Crippen molar-refractivity contribution in [3.8, 4) is 6.07 Å². The van der Waals surface area contributed by atoms with Gasteiger partial charge in [0, 0.05) is 18.5 Å². The average molecular weight is 228 g/mol. The van der Waals surface area contributed by atoms with Gasteiger partial charge in [0.1, 0.15) is 0 Å². The van der Waals surface area contributed by atoms with Gasteiger partial charge in [0.05, 0.1) is 11.6 Å². The van der Waals surface area contributed by atoms with Gasteiger partial charge >= 0.3 is 0 Å². The van der Waals surface area contributed by atoms with Gasteiger partial charge < -0.3 is 5.32 Å². The van der Waals surface area contributed by atoms with Crippen molar-refractivity contribution < 1.29 is 0 Å².